The SMILES string of the molecule is Brc1ccc2c(I)[nH]nc2c1.CN(CCCOc1ccc(-c2n[nH]c3cc(Br)ccc23)c(F)c1)C(=O)OC(C)(C)C.CN(CCCOc1ccc(B2OC(C)(C)C(C)(C)O2)c(F)c1)C(=O)OC(C)(C)C. The lowest BCUT2D eigenvalue weighted by molar-refractivity contribution is 0.00578. The van der Waals surface area contributed by atoms with Crippen molar-refractivity contribution >= 4 is 101 Å². The second-order valence-electron chi connectivity index (χ2n) is 19.6. The summed E-state index contributed by atoms with van der Waals surface area (Å²) in [5.74, 6) is 0.00279. The zero-order valence-corrected chi connectivity index (χ0v) is 47.0. The topological polar surface area (TPSA) is 153 Å². The van der Waals surface area contributed by atoms with E-state index >= 15 is 0 Å². The van der Waals surface area contributed by atoms with E-state index in [9.17, 15) is 18.4 Å². The van der Waals surface area contributed by atoms with Crippen molar-refractivity contribution in [3.63, 3.8) is 0 Å². The largest absolute Gasteiger partial charge is 0.497 e. The van der Waals surface area contributed by atoms with Gasteiger partial charge >= 0.3 is 19.3 Å². The van der Waals surface area contributed by atoms with Gasteiger partial charge in [0.25, 0.3) is 0 Å². The first-order chi connectivity index (χ1) is 32.6. The van der Waals surface area contributed by atoms with Gasteiger partial charge in [-0.15, -0.1) is 0 Å². The fraction of sp³-hybridized carbons (Fsp3) is 0.440. The van der Waals surface area contributed by atoms with Crippen LogP contribution in [0.5, 0.6) is 11.5 Å². The summed E-state index contributed by atoms with van der Waals surface area (Å²) < 4.78 is 66.0. The number of hydrogen-bond donors (Lipinski definition) is 2. The predicted molar refractivity (Wildman–Crippen MR) is 286 cm³/mol. The van der Waals surface area contributed by atoms with Gasteiger partial charge in [-0.1, -0.05) is 37.9 Å². The molecule has 2 amide bonds. The Balaban J connectivity index is 0.000000214. The third-order valence-electron chi connectivity index (χ3n) is 10.9. The Bertz CT molecular complexity index is 2730. The van der Waals surface area contributed by atoms with Crippen LogP contribution in [-0.2, 0) is 18.8 Å². The molecule has 0 saturated carbocycles. The molecule has 0 unspecified atom stereocenters. The lowest BCUT2D eigenvalue weighted by Crippen LogP contribution is -2.41. The van der Waals surface area contributed by atoms with Crippen LogP contribution in [0.2, 0.25) is 0 Å². The molecule has 378 valence electrons. The number of rotatable bonds is 12. The molecule has 20 heteroatoms. The number of fused-ring (bicyclic) bond motifs is 2. The summed E-state index contributed by atoms with van der Waals surface area (Å²) in [5, 5.41) is 16.2. The van der Waals surface area contributed by atoms with Crippen LogP contribution in [0.1, 0.15) is 82.1 Å². The van der Waals surface area contributed by atoms with Gasteiger partial charge in [-0.25, -0.2) is 18.4 Å². The Morgan fingerprint density at radius 2 is 1.20 bits per heavy atom. The lowest BCUT2D eigenvalue weighted by Gasteiger charge is -2.32. The van der Waals surface area contributed by atoms with Crippen molar-refractivity contribution in [1.82, 2.24) is 30.2 Å². The molecule has 14 nitrogen and oxygen atoms in total. The van der Waals surface area contributed by atoms with Gasteiger partial charge in [0, 0.05) is 70.1 Å². The maximum absolute atomic E-state index is 14.7. The number of carbonyl (C=O) groups is 2. The molecule has 2 aromatic heterocycles. The van der Waals surface area contributed by atoms with Gasteiger partial charge in [0.2, 0.25) is 0 Å². The minimum atomic E-state index is -0.753. The molecule has 1 saturated heterocycles. The first kappa shape index (κ1) is 56.4. The molecule has 70 heavy (non-hydrogen) atoms. The fourth-order valence-electron chi connectivity index (χ4n) is 6.53. The number of nitrogens with zero attached hydrogens (tertiary/aromatic N) is 4. The summed E-state index contributed by atoms with van der Waals surface area (Å²) in [7, 11) is 2.60. The quantitative estimate of drug-likeness (QED) is 0.0688. The summed E-state index contributed by atoms with van der Waals surface area (Å²) in [5.41, 5.74) is 1.02. The van der Waals surface area contributed by atoms with E-state index in [2.05, 4.69) is 74.8 Å². The van der Waals surface area contributed by atoms with Crippen molar-refractivity contribution in [3.05, 3.63) is 97.1 Å². The van der Waals surface area contributed by atoms with E-state index in [1.165, 1.54) is 27.3 Å². The summed E-state index contributed by atoms with van der Waals surface area (Å²) in [6.07, 6.45) is 0.431. The highest BCUT2D eigenvalue weighted by Gasteiger charge is 2.52. The van der Waals surface area contributed by atoms with Gasteiger partial charge in [-0.05, 0) is 159 Å². The Hall–Kier alpha value is -4.51. The molecule has 3 heterocycles. The maximum Gasteiger partial charge on any atom is 0.497 e. The molecule has 0 spiro atoms. The fourth-order valence-corrected chi connectivity index (χ4v) is 7.82. The molecule has 0 bridgehead atoms. The molecule has 0 atom stereocenters. The van der Waals surface area contributed by atoms with Crippen LogP contribution in [0.3, 0.4) is 0 Å². The Morgan fingerprint density at radius 1 is 0.700 bits per heavy atom. The Morgan fingerprint density at radius 3 is 1.71 bits per heavy atom. The zero-order valence-electron chi connectivity index (χ0n) is 41.7. The molecule has 0 radical (unpaired) electrons. The van der Waals surface area contributed by atoms with E-state index in [-0.39, 0.29) is 12.2 Å². The first-order valence-electron chi connectivity index (χ1n) is 22.6. The van der Waals surface area contributed by atoms with Gasteiger partial charge in [-0.3, -0.25) is 10.2 Å². The van der Waals surface area contributed by atoms with E-state index in [1.807, 2.05) is 106 Å². The second kappa shape index (κ2) is 23.8. The summed E-state index contributed by atoms with van der Waals surface area (Å²) in [6, 6.07) is 21.1. The number of carbonyl (C=O) groups excluding carboxylic acids is 2. The highest BCUT2D eigenvalue weighted by molar-refractivity contribution is 14.1. The summed E-state index contributed by atoms with van der Waals surface area (Å²) >= 11 is 9.03. The highest BCUT2D eigenvalue weighted by Crippen LogP contribution is 2.37. The molecule has 6 aromatic rings. The van der Waals surface area contributed by atoms with Crippen molar-refractivity contribution in [1.29, 1.82) is 0 Å². The van der Waals surface area contributed by atoms with Gasteiger partial charge < -0.3 is 38.1 Å². The van der Waals surface area contributed by atoms with E-state index < -0.39 is 41.2 Å². The van der Waals surface area contributed by atoms with E-state index in [0.717, 1.165) is 29.1 Å². The van der Waals surface area contributed by atoms with Crippen LogP contribution in [0.25, 0.3) is 33.1 Å². The molecule has 0 aliphatic carbocycles. The average molecular weight is 1210 g/mol. The van der Waals surface area contributed by atoms with Crippen LogP contribution in [0.15, 0.2) is 81.7 Å². The number of ether oxygens (including phenoxy) is 4. The molecule has 7 rings (SSSR count). The van der Waals surface area contributed by atoms with Crippen LogP contribution in [0, 0.1) is 15.3 Å². The van der Waals surface area contributed by atoms with E-state index in [4.69, 9.17) is 28.3 Å². The minimum Gasteiger partial charge on any atom is -0.493 e. The van der Waals surface area contributed by atoms with Gasteiger partial charge in [-0.2, -0.15) is 10.2 Å². The van der Waals surface area contributed by atoms with Crippen molar-refractivity contribution in [3.8, 4) is 22.8 Å². The molecule has 4 aromatic carbocycles. The number of halogens is 5. The molecular formula is C50H62BBr2F2IN6O8. The van der Waals surface area contributed by atoms with Crippen molar-refractivity contribution in [2.24, 2.45) is 0 Å². The summed E-state index contributed by atoms with van der Waals surface area (Å²) in [4.78, 5) is 26.8. The van der Waals surface area contributed by atoms with Crippen LogP contribution in [-0.4, -0.2) is 112 Å². The number of hydrogen-bond acceptors (Lipinski definition) is 10. The predicted octanol–water partition coefficient (Wildman–Crippen LogP) is 12.5. The van der Waals surface area contributed by atoms with Crippen LogP contribution < -0.4 is 14.9 Å². The van der Waals surface area contributed by atoms with Gasteiger partial charge in [0.05, 0.1) is 35.4 Å². The second-order valence-corrected chi connectivity index (χ2v) is 22.5. The van der Waals surface area contributed by atoms with Crippen molar-refractivity contribution in [2.45, 2.75) is 104 Å². The average Bonchev–Trinajstić information content (AvgIpc) is 3.90. The third-order valence-corrected chi connectivity index (χ3v) is 12.7. The maximum atomic E-state index is 14.7. The lowest BCUT2D eigenvalue weighted by atomic mass is 9.78. The number of benzene rings is 4. The number of aromatic nitrogens is 4. The molecule has 1 fully saturated rings. The molecular weight excluding hydrogens is 1150 g/mol. The summed E-state index contributed by atoms with van der Waals surface area (Å²) in [6.45, 7) is 20.3. The van der Waals surface area contributed by atoms with Crippen LogP contribution >= 0.6 is 54.5 Å². The normalized spacial score (nSPS) is 14.0. The number of nitrogens with one attached hydrogen (secondary N) is 2. The van der Waals surface area contributed by atoms with Crippen molar-refractivity contribution in [2.75, 3.05) is 40.4 Å². The first-order valence-corrected chi connectivity index (χ1v) is 25.3. The molecule has 1 aliphatic rings. The molecule has 1 aliphatic heterocycles. The Labute approximate surface area is 439 Å². The monoisotopic (exact) mass is 1210 g/mol. The van der Waals surface area contributed by atoms with E-state index in [1.54, 1.807) is 38.4 Å². The third kappa shape index (κ3) is 16.0. The Kier molecular flexibility index (Phi) is 19.2. The van der Waals surface area contributed by atoms with E-state index in [0.29, 0.717) is 67.4 Å². The number of amides is 2. The highest BCUT2D eigenvalue weighted by atomic mass is 127. The van der Waals surface area contributed by atoms with Gasteiger partial charge in [0.15, 0.2) is 0 Å². The number of H-pyrrole nitrogens is 2. The smallest absolute Gasteiger partial charge is 0.493 e. The van der Waals surface area contributed by atoms with Crippen molar-refractivity contribution < 1.29 is 46.6 Å². The van der Waals surface area contributed by atoms with Gasteiger partial charge in [0.1, 0.15) is 43.7 Å². The molecule has 2 N–H and O–H groups in total. The minimum absolute atomic E-state index is 0.348. The zero-order chi connectivity index (χ0) is 51.8. The standard InChI is InChI=1S/C22H25BrFN3O3.C21H33BFNO5.C7H4BrIN2/c1-22(2,3)30-21(28)27(4)10-5-11-29-15-7-9-16(18(24)13-15)20-17-8-6-14(23)12-19(17)25-26-20;1-19(2,3)27-18(25)24(8)12-9-13-26-15-10-11-16(17(23)14-15)22-28-20(4,5)21(6,7)29-22;8-4-1-2-5-6(3-4)10-11-7(5)9/h6-9,12-13H,5,10-11H2,1-4H3,(H,25,26);10-11,14H,9,12-13H2,1-8H3;1-3H,(H,10,11). The van der Waals surface area contributed by atoms with Crippen LogP contribution in [0.4, 0.5) is 18.4 Å². The number of aromatic amines is 2.